The lowest BCUT2D eigenvalue weighted by molar-refractivity contribution is -0.120. The number of hydrogen-bond donors (Lipinski definition) is 0. The van der Waals surface area contributed by atoms with E-state index in [4.69, 9.17) is 0 Å². The van der Waals surface area contributed by atoms with Gasteiger partial charge in [0.05, 0.1) is 11.3 Å². The van der Waals surface area contributed by atoms with Gasteiger partial charge in [0.15, 0.2) is 0 Å². The van der Waals surface area contributed by atoms with Gasteiger partial charge in [0.2, 0.25) is 0 Å². The smallest absolute Gasteiger partial charge is 0.282 e. The Morgan fingerprint density at radius 1 is 0.862 bits per heavy atom. The van der Waals surface area contributed by atoms with Crippen molar-refractivity contribution >= 4 is 23.1 Å². The molecule has 2 aliphatic rings. The molecule has 0 saturated carbocycles. The maximum absolute atomic E-state index is 13.4. The molecule has 0 unspecified atom stereocenters. The number of imide groups is 1. The van der Waals surface area contributed by atoms with Gasteiger partial charge in [-0.15, -0.1) is 0 Å². The molecular weight excluding hydrogens is 369 g/mol. The third-order valence-corrected chi connectivity index (χ3v) is 5.62. The Labute approximate surface area is 170 Å². The summed E-state index contributed by atoms with van der Waals surface area (Å²) in [7, 11) is 0. The zero-order valence-corrected chi connectivity index (χ0v) is 16.7. The van der Waals surface area contributed by atoms with Crippen LogP contribution in [0, 0.1) is 12.7 Å². The second-order valence-corrected chi connectivity index (χ2v) is 7.43. The highest BCUT2D eigenvalue weighted by atomic mass is 19.1. The summed E-state index contributed by atoms with van der Waals surface area (Å²) in [5, 5.41) is 0. The Balaban J connectivity index is 1.76. The fraction of sp³-hybridized carbons (Fsp3) is 0.304. The standard InChI is InChI=1S/C23H24FN3O2/c1-3-25-12-14-26(15-13-25)21-20(17-6-4-16(2)5-7-17)22(28)27(23(21)29)19-10-8-18(24)9-11-19/h4-11H,3,12-15H2,1-2H3. The van der Waals surface area contributed by atoms with Gasteiger partial charge in [0.25, 0.3) is 11.8 Å². The van der Waals surface area contributed by atoms with Crippen LogP contribution in [0.4, 0.5) is 10.1 Å². The van der Waals surface area contributed by atoms with Gasteiger partial charge in [0, 0.05) is 26.2 Å². The number of amides is 2. The molecule has 2 aromatic rings. The van der Waals surface area contributed by atoms with Crippen molar-refractivity contribution in [2.45, 2.75) is 13.8 Å². The summed E-state index contributed by atoms with van der Waals surface area (Å²) in [6.07, 6.45) is 0. The quantitative estimate of drug-likeness (QED) is 0.749. The van der Waals surface area contributed by atoms with Crippen LogP contribution < -0.4 is 4.90 Å². The average molecular weight is 393 g/mol. The highest BCUT2D eigenvalue weighted by Gasteiger charge is 2.42. The Morgan fingerprint density at radius 3 is 2.07 bits per heavy atom. The lowest BCUT2D eigenvalue weighted by atomic mass is 10.0. The Bertz CT molecular complexity index is 959. The lowest BCUT2D eigenvalue weighted by Gasteiger charge is -2.36. The molecule has 2 aliphatic heterocycles. The Hall–Kier alpha value is -2.99. The first-order valence-electron chi connectivity index (χ1n) is 9.92. The summed E-state index contributed by atoms with van der Waals surface area (Å²) in [5.41, 5.74) is 3.06. The summed E-state index contributed by atoms with van der Waals surface area (Å²) in [6, 6.07) is 13.1. The number of anilines is 1. The molecule has 0 spiro atoms. The molecule has 5 nitrogen and oxygen atoms in total. The molecule has 0 atom stereocenters. The molecule has 0 aliphatic carbocycles. The monoisotopic (exact) mass is 393 g/mol. The van der Waals surface area contributed by atoms with Crippen molar-refractivity contribution in [3.8, 4) is 0 Å². The first-order chi connectivity index (χ1) is 14.0. The highest BCUT2D eigenvalue weighted by molar-refractivity contribution is 6.45. The van der Waals surface area contributed by atoms with Gasteiger partial charge in [-0.25, -0.2) is 9.29 Å². The number of nitrogens with zero attached hydrogens (tertiary/aromatic N) is 3. The van der Waals surface area contributed by atoms with E-state index in [0.717, 1.165) is 35.7 Å². The zero-order valence-electron chi connectivity index (χ0n) is 16.7. The predicted octanol–water partition coefficient (Wildman–Crippen LogP) is 3.06. The summed E-state index contributed by atoms with van der Waals surface area (Å²) in [4.78, 5) is 32.3. The van der Waals surface area contributed by atoms with Crippen LogP contribution in [-0.4, -0.2) is 54.3 Å². The average Bonchev–Trinajstić information content (AvgIpc) is 3.00. The molecular formula is C23H24FN3O2. The normalized spacial score (nSPS) is 18.2. The first kappa shape index (κ1) is 19.3. The molecule has 29 heavy (non-hydrogen) atoms. The fourth-order valence-electron chi connectivity index (χ4n) is 3.90. The molecule has 2 heterocycles. The molecule has 0 bridgehead atoms. The van der Waals surface area contributed by atoms with Crippen LogP contribution in [0.25, 0.3) is 5.57 Å². The minimum absolute atomic E-state index is 0.345. The largest absolute Gasteiger partial charge is 0.364 e. The number of rotatable bonds is 4. The van der Waals surface area contributed by atoms with E-state index in [1.54, 1.807) is 0 Å². The van der Waals surface area contributed by atoms with Gasteiger partial charge >= 0.3 is 0 Å². The number of carbonyl (C=O) groups is 2. The van der Waals surface area contributed by atoms with E-state index in [1.807, 2.05) is 36.1 Å². The van der Waals surface area contributed by atoms with Crippen LogP contribution >= 0.6 is 0 Å². The molecule has 0 N–H and O–H groups in total. The molecule has 2 aromatic carbocycles. The van der Waals surface area contributed by atoms with Gasteiger partial charge in [-0.3, -0.25) is 9.59 Å². The van der Waals surface area contributed by atoms with Crippen LogP contribution in [0.2, 0.25) is 0 Å². The molecule has 150 valence electrons. The molecule has 0 radical (unpaired) electrons. The van der Waals surface area contributed by atoms with Crippen LogP contribution in [0.3, 0.4) is 0 Å². The van der Waals surface area contributed by atoms with Crippen molar-refractivity contribution in [2.75, 3.05) is 37.6 Å². The van der Waals surface area contributed by atoms with Gasteiger partial charge in [-0.05, 0) is 43.3 Å². The van der Waals surface area contributed by atoms with Crippen LogP contribution in [-0.2, 0) is 9.59 Å². The second kappa shape index (κ2) is 7.79. The van der Waals surface area contributed by atoms with E-state index in [1.165, 1.54) is 24.3 Å². The van der Waals surface area contributed by atoms with E-state index in [-0.39, 0.29) is 11.8 Å². The maximum atomic E-state index is 13.4. The van der Waals surface area contributed by atoms with Gasteiger partial charge in [0.1, 0.15) is 11.5 Å². The van der Waals surface area contributed by atoms with Gasteiger partial charge in [-0.2, -0.15) is 0 Å². The SMILES string of the molecule is CCN1CCN(C2=C(c3ccc(C)cc3)C(=O)N(c3ccc(F)cc3)C2=O)CC1. The Morgan fingerprint density at radius 2 is 1.48 bits per heavy atom. The topological polar surface area (TPSA) is 43.9 Å². The van der Waals surface area contributed by atoms with Crippen molar-refractivity contribution in [3.63, 3.8) is 0 Å². The number of carbonyl (C=O) groups excluding carboxylic acids is 2. The maximum Gasteiger partial charge on any atom is 0.282 e. The van der Waals surface area contributed by atoms with E-state index >= 15 is 0 Å². The van der Waals surface area contributed by atoms with Crippen molar-refractivity contribution in [1.29, 1.82) is 0 Å². The number of benzene rings is 2. The third kappa shape index (κ3) is 3.56. The second-order valence-electron chi connectivity index (χ2n) is 7.43. The van der Waals surface area contributed by atoms with Crippen LogP contribution in [0.15, 0.2) is 54.2 Å². The molecule has 6 heteroatoms. The zero-order chi connectivity index (χ0) is 20.5. The van der Waals surface area contributed by atoms with Crippen molar-refractivity contribution in [3.05, 3.63) is 71.2 Å². The van der Waals surface area contributed by atoms with Gasteiger partial charge < -0.3 is 9.80 Å². The van der Waals surface area contributed by atoms with Crippen molar-refractivity contribution < 1.29 is 14.0 Å². The fourth-order valence-corrected chi connectivity index (χ4v) is 3.90. The minimum atomic E-state index is -0.407. The number of piperazine rings is 1. The highest BCUT2D eigenvalue weighted by Crippen LogP contribution is 2.35. The number of halogens is 1. The molecule has 0 aromatic heterocycles. The minimum Gasteiger partial charge on any atom is -0.364 e. The molecule has 4 rings (SSSR count). The molecule has 1 saturated heterocycles. The number of hydrogen-bond acceptors (Lipinski definition) is 4. The van der Waals surface area contributed by atoms with E-state index < -0.39 is 5.82 Å². The van der Waals surface area contributed by atoms with E-state index in [2.05, 4.69) is 11.8 Å². The summed E-state index contributed by atoms with van der Waals surface area (Å²) < 4.78 is 13.4. The van der Waals surface area contributed by atoms with Crippen LogP contribution in [0.1, 0.15) is 18.1 Å². The number of aryl methyl sites for hydroxylation is 1. The van der Waals surface area contributed by atoms with Crippen molar-refractivity contribution in [1.82, 2.24) is 9.80 Å². The van der Waals surface area contributed by atoms with Crippen molar-refractivity contribution in [2.24, 2.45) is 0 Å². The van der Waals surface area contributed by atoms with Crippen LogP contribution in [0.5, 0.6) is 0 Å². The number of likely N-dealkylation sites (N-methyl/N-ethyl adjacent to an activating group) is 1. The first-order valence-corrected chi connectivity index (χ1v) is 9.92. The van der Waals surface area contributed by atoms with E-state index in [9.17, 15) is 14.0 Å². The summed E-state index contributed by atoms with van der Waals surface area (Å²) in [6.45, 7) is 8.14. The molecule has 2 amide bonds. The summed E-state index contributed by atoms with van der Waals surface area (Å²) >= 11 is 0. The van der Waals surface area contributed by atoms with Gasteiger partial charge in [-0.1, -0.05) is 36.8 Å². The predicted molar refractivity (Wildman–Crippen MR) is 111 cm³/mol. The van der Waals surface area contributed by atoms with E-state index in [0.29, 0.717) is 30.0 Å². The Kier molecular flexibility index (Phi) is 5.20. The lowest BCUT2D eigenvalue weighted by Crippen LogP contribution is -2.47. The molecule has 1 fully saturated rings. The third-order valence-electron chi connectivity index (χ3n) is 5.62. The summed E-state index contributed by atoms with van der Waals surface area (Å²) in [5.74, 6) is -1.11.